The Balaban J connectivity index is 1.69. The minimum Gasteiger partial charge on any atom is -0.497 e. The smallest absolute Gasteiger partial charge is 0.256 e. The quantitative estimate of drug-likeness (QED) is 0.208. The Morgan fingerprint density at radius 3 is 1.68 bits per heavy atom. The number of carbonyl (C=O) groups is 2. The lowest BCUT2D eigenvalue weighted by Gasteiger charge is -2.12. The molecule has 0 atom stereocenters. The van der Waals surface area contributed by atoms with Gasteiger partial charge in [0, 0.05) is 18.7 Å². The predicted octanol–water partition coefficient (Wildman–Crippen LogP) is 4.20. The van der Waals surface area contributed by atoms with Gasteiger partial charge in [-0.3, -0.25) is 9.59 Å². The molecule has 2 amide bonds. The molecule has 0 aliphatic carbocycles. The summed E-state index contributed by atoms with van der Waals surface area (Å²) < 4.78 is 16.1. The van der Waals surface area contributed by atoms with Crippen molar-refractivity contribution >= 4 is 17.9 Å². The lowest BCUT2D eigenvalue weighted by Crippen LogP contribution is -2.36. The van der Waals surface area contributed by atoms with E-state index in [9.17, 15) is 9.59 Å². The molecule has 7 heteroatoms. The van der Waals surface area contributed by atoms with Gasteiger partial charge in [-0.15, -0.1) is 0 Å². The average Bonchev–Trinajstić information content (AvgIpc) is 2.93. The molecule has 0 radical (unpaired) electrons. The van der Waals surface area contributed by atoms with E-state index in [4.69, 9.17) is 14.2 Å². The van der Waals surface area contributed by atoms with E-state index in [1.165, 1.54) is 0 Å². The number of methoxy groups -OCH3 is 2. The van der Waals surface area contributed by atoms with Crippen molar-refractivity contribution in [1.29, 1.82) is 0 Å². The first-order chi connectivity index (χ1) is 18.0. The molecule has 3 aromatic carbocycles. The minimum absolute atomic E-state index is 0.0246. The molecule has 0 saturated heterocycles. The lowest BCUT2D eigenvalue weighted by atomic mass is 10.1. The molecule has 3 aromatic rings. The van der Waals surface area contributed by atoms with Gasteiger partial charge in [-0.05, 0) is 67.3 Å². The molecule has 0 unspecified atom stereocenters. The number of carbonyl (C=O) groups excluding carboxylic acids is 2. The van der Waals surface area contributed by atoms with Crippen LogP contribution in [0, 0.1) is 0 Å². The Kier molecular flexibility index (Phi) is 10.6. The third-order valence-electron chi connectivity index (χ3n) is 5.72. The Morgan fingerprint density at radius 1 is 0.730 bits per heavy atom. The Labute approximate surface area is 218 Å². The zero-order valence-corrected chi connectivity index (χ0v) is 21.6. The van der Waals surface area contributed by atoms with Gasteiger partial charge in [0.05, 0.1) is 20.8 Å². The van der Waals surface area contributed by atoms with E-state index in [-0.39, 0.29) is 5.57 Å². The van der Waals surface area contributed by atoms with Crippen LogP contribution in [0.3, 0.4) is 0 Å². The molecular formula is C30H34N2O5. The maximum absolute atomic E-state index is 13.1. The fourth-order valence-electron chi connectivity index (χ4n) is 3.69. The highest BCUT2D eigenvalue weighted by atomic mass is 16.5. The Bertz CT molecular complexity index is 1120. The minimum atomic E-state index is -0.443. The highest BCUT2D eigenvalue weighted by Crippen LogP contribution is 2.21. The summed E-state index contributed by atoms with van der Waals surface area (Å²) in [5.41, 5.74) is 2.79. The summed E-state index contributed by atoms with van der Waals surface area (Å²) in [7, 11) is 3.24. The van der Waals surface area contributed by atoms with E-state index in [2.05, 4.69) is 10.6 Å². The summed E-state index contributed by atoms with van der Waals surface area (Å²) in [5.74, 6) is 1.28. The largest absolute Gasteiger partial charge is 0.497 e. The van der Waals surface area contributed by atoms with Crippen LogP contribution in [0.4, 0.5) is 0 Å². The van der Waals surface area contributed by atoms with Crippen molar-refractivity contribution in [3.05, 3.63) is 95.1 Å². The second kappa shape index (κ2) is 14.3. The molecule has 0 spiro atoms. The molecule has 2 N–H and O–H groups in total. The van der Waals surface area contributed by atoms with Crippen LogP contribution in [-0.4, -0.2) is 45.7 Å². The lowest BCUT2D eigenvalue weighted by molar-refractivity contribution is -0.123. The summed E-state index contributed by atoms with van der Waals surface area (Å²) >= 11 is 0. The number of para-hydroxylation sites is 1. The monoisotopic (exact) mass is 502 g/mol. The molecule has 194 valence electrons. The molecule has 0 saturated carbocycles. The van der Waals surface area contributed by atoms with Crippen molar-refractivity contribution in [2.24, 2.45) is 0 Å². The Hall–Kier alpha value is -4.26. The van der Waals surface area contributed by atoms with Gasteiger partial charge in [-0.1, -0.05) is 42.5 Å². The predicted molar refractivity (Wildman–Crippen MR) is 145 cm³/mol. The molecule has 3 rings (SSSR count). The fraction of sp³-hybridized carbons (Fsp3) is 0.267. The fourth-order valence-corrected chi connectivity index (χ4v) is 3.69. The van der Waals surface area contributed by atoms with E-state index in [0.717, 1.165) is 22.6 Å². The first kappa shape index (κ1) is 27.3. The van der Waals surface area contributed by atoms with E-state index >= 15 is 0 Å². The highest BCUT2D eigenvalue weighted by molar-refractivity contribution is 6.21. The standard InChI is InChI=1S/C30H34N2O5/c1-4-37-28-8-6-5-7-24(28)21-27(29(33)31-19-17-22-9-13-25(35-2)14-10-22)30(34)32-20-18-23-11-15-26(36-3)16-12-23/h5-16,21H,4,17-20H2,1-3H3,(H,31,33)(H,32,34). The van der Waals surface area contributed by atoms with Crippen molar-refractivity contribution in [2.45, 2.75) is 19.8 Å². The molecule has 0 heterocycles. The molecule has 0 bridgehead atoms. The number of hydrogen-bond donors (Lipinski definition) is 2. The normalized spacial score (nSPS) is 10.2. The second-order valence-corrected chi connectivity index (χ2v) is 8.24. The topological polar surface area (TPSA) is 85.9 Å². The summed E-state index contributed by atoms with van der Waals surface area (Å²) in [6, 6.07) is 22.6. The van der Waals surface area contributed by atoms with Gasteiger partial charge < -0.3 is 24.8 Å². The van der Waals surface area contributed by atoms with Crippen molar-refractivity contribution in [3.8, 4) is 17.2 Å². The van der Waals surface area contributed by atoms with Crippen LogP contribution in [0.5, 0.6) is 17.2 Å². The van der Waals surface area contributed by atoms with Gasteiger partial charge in [0.1, 0.15) is 22.8 Å². The summed E-state index contributed by atoms with van der Waals surface area (Å²) in [6.45, 7) is 3.13. The Morgan fingerprint density at radius 2 is 1.22 bits per heavy atom. The van der Waals surface area contributed by atoms with Crippen LogP contribution < -0.4 is 24.8 Å². The molecule has 0 aliphatic heterocycles. The van der Waals surface area contributed by atoms with Crippen LogP contribution in [0.15, 0.2) is 78.4 Å². The highest BCUT2D eigenvalue weighted by Gasteiger charge is 2.19. The third-order valence-corrected chi connectivity index (χ3v) is 5.72. The van der Waals surface area contributed by atoms with Crippen molar-refractivity contribution in [2.75, 3.05) is 33.9 Å². The van der Waals surface area contributed by atoms with Gasteiger partial charge >= 0.3 is 0 Å². The van der Waals surface area contributed by atoms with Crippen molar-refractivity contribution in [3.63, 3.8) is 0 Å². The van der Waals surface area contributed by atoms with Gasteiger partial charge in [0.25, 0.3) is 11.8 Å². The number of hydrogen-bond acceptors (Lipinski definition) is 5. The SMILES string of the molecule is CCOc1ccccc1C=C(C(=O)NCCc1ccc(OC)cc1)C(=O)NCCc1ccc(OC)cc1. The molecular weight excluding hydrogens is 468 g/mol. The second-order valence-electron chi connectivity index (χ2n) is 8.24. The number of amides is 2. The third kappa shape index (κ3) is 8.42. The first-order valence-corrected chi connectivity index (χ1v) is 12.3. The van der Waals surface area contributed by atoms with E-state index in [1.807, 2.05) is 79.7 Å². The summed E-state index contributed by atoms with van der Waals surface area (Å²) in [5, 5.41) is 5.76. The first-order valence-electron chi connectivity index (χ1n) is 12.3. The number of benzene rings is 3. The van der Waals surface area contributed by atoms with Crippen LogP contribution >= 0.6 is 0 Å². The molecule has 37 heavy (non-hydrogen) atoms. The maximum atomic E-state index is 13.1. The molecule has 0 fully saturated rings. The van der Waals surface area contributed by atoms with Gasteiger partial charge in [0.15, 0.2) is 0 Å². The van der Waals surface area contributed by atoms with Crippen LogP contribution in [0.25, 0.3) is 6.08 Å². The van der Waals surface area contributed by atoms with E-state index in [1.54, 1.807) is 20.3 Å². The maximum Gasteiger partial charge on any atom is 0.256 e. The van der Waals surface area contributed by atoms with Gasteiger partial charge in [-0.25, -0.2) is 0 Å². The summed E-state index contributed by atoms with van der Waals surface area (Å²) in [4.78, 5) is 26.3. The van der Waals surface area contributed by atoms with Crippen LogP contribution in [0.1, 0.15) is 23.6 Å². The van der Waals surface area contributed by atoms with Crippen LogP contribution in [0.2, 0.25) is 0 Å². The number of nitrogens with one attached hydrogen (secondary N) is 2. The summed E-state index contributed by atoms with van der Waals surface area (Å²) in [6.07, 6.45) is 2.83. The van der Waals surface area contributed by atoms with Crippen molar-refractivity contribution in [1.82, 2.24) is 10.6 Å². The van der Waals surface area contributed by atoms with Crippen molar-refractivity contribution < 1.29 is 23.8 Å². The van der Waals surface area contributed by atoms with E-state index in [0.29, 0.717) is 43.9 Å². The number of ether oxygens (including phenoxy) is 3. The molecule has 7 nitrogen and oxygen atoms in total. The van der Waals surface area contributed by atoms with E-state index < -0.39 is 11.8 Å². The zero-order valence-electron chi connectivity index (χ0n) is 21.6. The number of rotatable bonds is 13. The average molecular weight is 503 g/mol. The molecule has 0 aliphatic rings. The zero-order chi connectivity index (χ0) is 26.5. The molecule has 0 aromatic heterocycles. The van der Waals surface area contributed by atoms with Gasteiger partial charge in [0.2, 0.25) is 0 Å². The van der Waals surface area contributed by atoms with Gasteiger partial charge in [-0.2, -0.15) is 0 Å². The van der Waals surface area contributed by atoms with Crippen LogP contribution in [-0.2, 0) is 22.4 Å².